The average Bonchev–Trinajstić information content (AvgIpc) is 2.84. The van der Waals surface area contributed by atoms with Gasteiger partial charge in [0.1, 0.15) is 0 Å². The molecule has 3 heteroatoms. The van der Waals surface area contributed by atoms with Crippen molar-refractivity contribution in [1.29, 1.82) is 0 Å². The number of aromatic nitrogens is 2. The van der Waals surface area contributed by atoms with Crippen LogP contribution in [0.2, 0.25) is 0 Å². The van der Waals surface area contributed by atoms with E-state index in [-0.39, 0.29) is 6.61 Å². The molecule has 0 fully saturated rings. The summed E-state index contributed by atoms with van der Waals surface area (Å²) in [6, 6.07) is 15.4. The Labute approximate surface area is 199 Å². The lowest BCUT2D eigenvalue weighted by Crippen LogP contribution is -1.98. The zero-order valence-electron chi connectivity index (χ0n) is 21.5. The molecule has 0 radical (unpaired) electrons. The van der Waals surface area contributed by atoms with Gasteiger partial charge in [0.2, 0.25) is 0 Å². The topological polar surface area (TPSA) is 46.0 Å². The SMILES string of the molecule is CC.CC.Cc1ccc2c(c1)nc(C)c1ncc(CCc3ccc(CCCO)cc3C)cc12. The van der Waals surface area contributed by atoms with Crippen molar-refractivity contribution in [3.63, 3.8) is 0 Å². The number of benzene rings is 2. The smallest absolute Gasteiger partial charge is 0.0921 e. The maximum Gasteiger partial charge on any atom is 0.0921 e. The largest absolute Gasteiger partial charge is 0.396 e. The van der Waals surface area contributed by atoms with Crippen LogP contribution in [0.3, 0.4) is 0 Å². The van der Waals surface area contributed by atoms with E-state index in [0.717, 1.165) is 42.4 Å². The van der Waals surface area contributed by atoms with E-state index in [1.807, 2.05) is 40.8 Å². The van der Waals surface area contributed by atoms with Gasteiger partial charge in [-0.05, 0) is 86.4 Å². The number of nitrogens with zero attached hydrogens (tertiary/aromatic N) is 2. The summed E-state index contributed by atoms with van der Waals surface area (Å²) >= 11 is 0. The second-order valence-electron chi connectivity index (χ2n) is 8.05. The molecule has 0 saturated carbocycles. The minimum atomic E-state index is 0.249. The number of hydrogen-bond acceptors (Lipinski definition) is 3. The van der Waals surface area contributed by atoms with Gasteiger partial charge < -0.3 is 5.11 Å². The van der Waals surface area contributed by atoms with Gasteiger partial charge in [-0.25, -0.2) is 0 Å². The normalized spacial score (nSPS) is 10.4. The van der Waals surface area contributed by atoms with Crippen LogP contribution in [0, 0.1) is 20.8 Å². The van der Waals surface area contributed by atoms with Gasteiger partial charge in [0.05, 0.1) is 16.7 Å². The molecule has 2 aromatic carbocycles. The van der Waals surface area contributed by atoms with Crippen molar-refractivity contribution in [2.75, 3.05) is 6.61 Å². The van der Waals surface area contributed by atoms with Crippen LogP contribution < -0.4 is 0 Å². The fourth-order valence-electron chi connectivity index (χ4n) is 4.09. The van der Waals surface area contributed by atoms with E-state index in [2.05, 4.69) is 56.3 Å². The quantitative estimate of drug-likeness (QED) is 0.314. The molecule has 33 heavy (non-hydrogen) atoms. The van der Waals surface area contributed by atoms with Crippen LogP contribution in [0.4, 0.5) is 0 Å². The lowest BCUT2D eigenvalue weighted by molar-refractivity contribution is 0.288. The van der Waals surface area contributed by atoms with E-state index in [4.69, 9.17) is 15.1 Å². The first-order valence-electron chi connectivity index (χ1n) is 12.4. The molecular formula is C30H40N2O. The number of fused-ring (bicyclic) bond motifs is 3. The lowest BCUT2D eigenvalue weighted by Gasteiger charge is -2.11. The number of rotatable bonds is 6. The van der Waals surface area contributed by atoms with Crippen LogP contribution in [0.15, 0.2) is 48.7 Å². The summed E-state index contributed by atoms with van der Waals surface area (Å²) in [5.41, 5.74) is 9.52. The number of aryl methyl sites for hydroxylation is 6. The predicted molar refractivity (Wildman–Crippen MR) is 143 cm³/mol. The van der Waals surface area contributed by atoms with Gasteiger partial charge in [0.25, 0.3) is 0 Å². The summed E-state index contributed by atoms with van der Waals surface area (Å²) in [6.07, 6.45) is 5.73. The molecule has 2 heterocycles. The Kier molecular flexibility index (Phi) is 10.5. The summed E-state index contributed by atoms with van der Waals surface area (Å²) in [4.78, 5) is 9.50. The van der Waals surface area contributed by atoms with Crippen LogP contribution >= 0.6 is 0 Å². The van der Waals surface area contributed by atoms with Crippen LogP contribution in [-0.4, -0.2) is 21.7 Å². The van der Waals surface area contributed by atoms with Gasteiger partial charge in [-0.3, -0.25) is 9.97 Å². The Hall–Kier alpha value is -2.78. The molecule has 4 rings (SSSR count). The van der Waals surface area contributed by atoms with Crippen molar-refractivity contribution in [2.45, 2.75) is 74.1 Å². The van der Waals surface area contributed by atoms with E-state index in [9.17, 15) is 0 Å². The highest BCUT2D eigenvalue weighted by atomic mass is 16.2. The molecule has 0 saturated heterocycles. The van der Waals surface area contributed by atoms with Crippen LogP contribution in [0.1, 0.15) is 67.6 Å². The molecule has 176 valence electrons. The number of aliphatic hydroxyl groups excluding tert-OH is 1. The number of aliphatic hydroxyl groups is 1. The van der Waals surface area contributed by atoms with Gasteiger partial charge in [0.15, 0.2) is 0 Å². The third-order valence-corrected chi connectivity index (χ3v) is 5.73. The van der Waals surface area contributed by atoms with E-state index in [1.165, 1.54) is 38.6 Å². The molecule has 0 atom stereocenters. The molecule has 0 aliphatic heterocycles. The molecule has 2 aromatic heterocycles. The first-order chi connectivity index (χ1) is 16.0. The van der Waals surface area contributed by atoms with Gasteiger partial charge in [0, 0.05) is 23.6 Å². The Morgan fingerprint density at radius 3 is 2.21 bits per heavy atom. The molecule has 0 spiro atoms. The minimum Gasteiger partial charge on any atom is -0.396 e. The van der Waals surface area contributed by atoms with Crippen molar-refractivity contribution in [2.24, 2.45) is 0 Å². The predicted octanol–water partition coefficient (Wildman–Crippen LogP) is 7.47. The second kappa shape index (κ2) is 13.1. The monoisotopic (exact) mass is 444 g/mol. The van der Waals surface area contributed by atoms with Crippen molar-refractivity contribution in [1.82, 2.24) is 9.97 Å². The van der Waals surface area contributed by atoms with Crippen molar-refractivity contribution in [3.05, 3.63) is 82.2 Å². The molecule has 0 aliphatic rings. The van der Waals surface area contributed by atoms with Gasteiger partial charge in [-0.2, -0.15) is 0 Å². The fraction of sp³-hybridized carbons (Fsp3) is 0.400. The third-order valence-electron chi connectivity index (χ3n) is 5.73. The highest BCUT2D eigenvalue weighted by molar-refractivity contribution is 6.05. The number of hydrogen-bond donors (Lipinski definition) is 1. The summed E-state index contributed by atoms with van der Waals surface area (Å²) in [6.45, 7) is 14.6. The molecule has 0 unspecified atom stereocenters. The highest BCUT2D eigenvalue weighted by Gasteiger charge is 2.09. The first kappa shape index (κ1) is 26.5. The summed E-state index contributed by atoms with van der Waals surface area (Å²) in [5, 5.41) is 11.4. The fourth-order valence-corrected chi connectivity index (χ4v) is 4.09. The molecule has 0 amide bonds. The third kappa shape index (κ3) is 6.61. The molecular weight excluding hydrogens is 404 g/mol. The molecule has 1 N–H and O–H groups in total. The zero-order chi connectivity index (χ0) is 24.4. The standard InChI is InChI=1S/C26H28N2O.2C2H6/c1-17-6-11-23-24-15-21(16-27-26(24)19(3)28-25(23)13-17)8-10-22-9-7-20(5-4-12-29)14-18(22)2;2*1-2/h6-7,9,11,13-16,29H,4-5,8,10,12H2,1-3H3;2*1-2H3. The molecule has 0 aliphatic carbocycles. The van der Waals surface area contributed by atoms with Crippen LogP contribution in [0.5, 0.6) is 0 Å². The van der Waals surface area contributed by atoms with Crippen molar-refractivity contribution >= 4 is 21.8 Å². The van der Waals surface area contributed by atoms with Gasteiger partial charge in [-0.1, -0.05) is 58.0 Å². The maximum atomic E-state index is 9.02. The average molecular weight is 445 g/mol. The van der Waals surface area contributed by atoms with E-state index >= 15 is 0 Å². The van der Waals surface area contributed by atoms with Crippen LogP contribution in [0.25, 0.3) is 21.8 Å². The number of pyridine rings is 2. The Bertz CT molecular complexity index is 1180. The lowest BCUT2D eigenvalue weighted by atomic mass is 9.97. The maximum absolute atomic E-state index is 9.02. The first-order valence-corrected chi connectivity index (χ1v) is 12.4. The van der Waals surface area contributed by atoms with Crippen molar-refractivity contribution < 1.29 is 5.11 Å². The highest BCUT2D eigenvalue weighted by Crippen LogP contribution is 2.27. The van der Waals surface area contributed by atoms with Crippen LogP contribution in [-0.2, 0) is 19.3 Å². The summed E-state index contributed by atoms with van der Waals surface area (Å²) in [5.74, 6) is 0. The van der Waals surface area contributed by atoms with Crippen molar-refractivity contribution in [3.8, 4) is 0 Å². The van der Waals surface area contributed by atoms with E-state index in [1.54, 1.807) is 0 Å². The minimum absolute atomic E-state index is 0.249. The second-order valence-corrected chi connectivity index (χ2v) is 8.05. The van der Waals surface area contributed by atoms with E-state index in [0.29, 0.717) is 0 Å². The summed E-state index contributed by atoms with van der Waals surface area (Å²) < 4.78 is 0. The Morgan fingerprint density at radius 1 is 0.758 bits per heavy atom. The molecule has 4 aromatic rings. The van der Waals surface area contributed by atoms with Gasteiger partial charge in [-0.15, -0.1) is 0 Å². The molecule has 0 bridgehead atoms. The molecule has 3 nitrogen and oxygen atoms in total. The summed E-state index contributed by atoms with van der Waals surface area (Å²) in [7, 11) is 0. The van der Waals surface area contributed by atoms with E-state index < -0.39 is 0 Å². The van der Waals surface area contributed by atoms with Gasteiger partial charge >= 0.3 is 0 Å². The Morgan fingerprint density at radius 2 is 1.52 bits per heavy atom. The Balaban J connectivity index is 0.000000914. The zero-order valence-corrected chi connectivity index (χ0v) is 21.5.